The van der Waals surface area contributed by atoms with Gasteiger partial charge in [-0.05, 0) is 32.0 Å². The minimum Gasteiger partial charge on any atom is -0.497 e. The first kappa shape index (κ1) is 17.7. The molecule has 130 valence electrons. The van der Waals surface area contributed by atoms with E-state index in [9.17, 15) is 9.90 Å². The number of hydrogen-bond donors (Lipinski definition) is 3. The minimum atomic E-state index is -0.842. The molecule has 1 unspecified atom stereocenters. The number of benzene rings is 1. The quantitative estimate of drug-likeness (QED) is 0.755. The van der Waals surface area contributed by atoms with Crippen molar-refractivity contribution in [2.24, 2.45) is 0 Å². The number of hydrogen-bond acceptors (Lipinski definition) is 5. The number of carbonyl (C=O) groups is 1. The van der Waals surface area contributed by atoms with E-state index < -0.39 is 12.1 Å². The molecule has 2 amide bonds. The molecule has 0 saturated heterocycles. The third-order valence-electron chi connectivity index (χ3n) is 3.55. The molecule has 1 aromatic heterocycles. The Balaban J connectivity index is 1.95. The first-order valence-corrected chi connectivity index (χ1v) is 7.46. The van der Waals surface area contributed by atoms with Gasteiger partial charge in [0, 0.05) is 18.2 Å². The van der Waals surface area contributed by atoms with Crippen LogP contribution in [0, 0.1) is 13.8 Å². The van der Waals surface area contributed by atoms with Crippen LogP contribution in [0.1, 0.15) is 23.2 Å². The van der Waals surface area contributed by atoms with E-state index in [1.165, 1.54) is 7.11 Å². The van der Waals surface area contributed by atoms with Gasteiger partial charge < -0.3 is 29.6 Å². The highest BCUT2D eigenvalue weighted by Crippen LogP contribution is 2.29. The fourth-order valence-corrected chi connectivity index (χ4v) is 2.35. The fraction of sp³-hybridized carbons (Fsp3) is 0.353. The molecule has 0 fully saturated rings. The lowest BCUT2D eigenvalue weighted by Crippen LogP contribution is -2.32. The van der Waals surface area contributed by atoms with Crippen molar-refractivity contribution in [3.8, 4) is 11.5 Å². The molecule has 0 radical (unpaired) electrons. The third-order valence-corrected chi connectivity index (χ3v) is 3.55. The molecule has 2 rings (SSSR count). The number of aliphatic hydroxyl groups is 1. The summed E-state index contributed by atoms with van der Waals surface area (Å²) < 4.78 is 15.7. The van der Waals surface area contributed by atoms with Crippen molar-refractivity contribution in [2.75, 3.05) is 26.1 Å². The summed E-state index contributed by atoms with van der Waals surface area (Å²) in [6, 6.07) is 6.37. The zero-order chi connectivity index (χ0) is 17.7. The van der Waals surface area contributed by atoms with E-state index in [4.69, 9.17) is 13.9 Å². The van der Waals surface area contributed by atoms with Crippen LogP contribution in [0.3, 0.4) is 0 Å². The van der Waals surface area contributed by atoms with Crippen LogP contribution >= 0.6 is 0 Å². The second-order valence-corrected chi connectivity index (χ2v) is 5.29. The second-order valence-electron chi connectivity index (χ2n) is 5.29. The monoisotopic (exact) mass is 334 g/mol. The van der Waals surface area contributed by atoms with Gasteiger partial charge in [0.05, 0.1) is 26.0 Å². The van der Waals surface area contributed by atoms with E-state index in [0.29, 0.717) is 34.3 Å². The number of nitrogens with one attached hydrogen (secondary N) is 2. The van der Waals surface area contributed by atoms with E-state index in [1.807, 2.05) is 0 Å². The van der Waals surface area contributed by atoms with Crippen LogP contribution in [-0.4, -0.2) is 31.9 Å². The van der Waals surface area contributed by atoms with Gasteiger partial charge >= 0.3 is 6.03 Å². The second kappa shape index (κ2) is 7.74. The zero-order valence-electron chi connectivity index (χ0n) is 14.2. The van der Waals surface area contributed by atoms with Crippen LogP contribution in [0.4, 0.5) is 10.5 Å². The van der Waals surface area contributed by atoms with Crippen LogP contribution < -0.4 is 20.1 Å². The number of carbonyl (C=O) groups excluding carboxylic acids is 1. The average molecular weight is 334 g/mol. The van der Waals surface area contributed by atoms with Gasteiger partial charge in [-0.25, -0.2) is 4.79 Å². The van der Waals surface area contributed by atoms with Crippen molar-refractivity contribution in [2.45, 2.75) is 20.0 Å². The van der Waals surface area contributed by atoms with Crippen molar-refractivity contribution in [3.63, 3.8) is 0 Å². The Labute approximate surface area is 140 Å². The summed E-state index contributed by atoms with van der Waals surface area (Å²) in [5.74, 6) is 2.46. The Hall–Kier alpha value is -2.67. The number of anilines is 1. The Morgan fingerprint density at radius 1 is 1.25 bits per heavy atom. The standard InChI is InChI=1S/C17H22N2O5/c1-10-7-13(11(2)24-10)15(20)9-18-17(21)19-14-6-5-12(22-3)8-16(14)23-4/h5-8,15,20H,9H2,1-4H3,(H2,18,19,21). The lowest BCUT2D eigenvalue weighted by Gasteiger charge is -2.14. The topological polar surface area (TPSA) is 93.0 Å². The Kier molecular flexibility index (Phi) is 5.70. The molecule has 0 aliphatic heterocycles. The zero-order valence-corrected chi connectivity index (χ0v) is 14.2. The van der Waals surface area contributed by atoms with Crippen molar-refractivity contribution < 1.29 is 23.8 Å². The molecular weight excluding hydrogens is 312 g/mol. The predicted molar refractivity (Wildman–Crippen MR) is 89.7 cm³/mol. The maximum Gasteiger partial charge on any atom is 0.319 e. The van der Waals surface area contributed by atoms with Crippen LogP contribution in [-0.2, 0) is 0 Å². The molecule has 0 aliphatic carbocycles. The first-order valence-electron chi connectivity index (χ1n) is 7.46. The molecule has 1 aromatic carbocycles. The van der Waals surface area contributed by atoms with E-state index >= 15 is 0 Å². The van der Waals surface area contributed by atoms with Crippen molar-refractivity contribution in [1.29, 1.82) is 0 Å². The summed E-state index contributed by atoms with van der Waals surface area (Å²) in [6.07, 6.45) is -0.842. The SMILES string of the molecule is COc1ccc(NC(=O)NCC(O)c2cc(C)oc2C)c(OC)c1. The van der Waals surface area contributed by atoms with E-state index in [-0.39, 0.29) is 6.54 Å². The number of methoxy groups -OCH3 is 2. The summed E-state index contributed by atoms with van der Waals surface area (Å²) in [6.45, 7) is 3.64. The van der Waals surface area contributed by atoms with E-state index in [2.05, 4.69) is 10.6 Å². The highest BCUT2D eigenvalue weighted by Gasteiger charge is 2.16. The Morgan fingerprint density at radius 3 is 2.58 bits per heavy atom. The number of aryl methyl sites for hydroxylation is 2. The first-order chi connectivity index (χ1) is 11.4. The van der Waals surface area contributed by atoms with Crippen LogP contribution in [0.15, 0.2) is 28.7 Å². The van der Waals surface area contributed by atoms with Gasteiger partial charge in [0.1, 0.15) is 23.0 Å². The van der Waals surface area contributed by atoms with Crippen molar-refractivity contribution in [1.82, 2.24) is 5.32 Å². The van der Waals surface area contributed by atoms with Gasteiger partial charge in [0.2, 0.25) is 0 Å². The maximum absolute atomic E-state index is 12.0. The number of ether oxygens (including phenoxy) is 2. The Morgan fingerprint density at radius 2 is 2.00 bits per heavy atom. The van der Waals surface area contributed by atoms with Gasteiger partial charge in [-0.15, -0.1) is 0 Å². The fourth-order valence-electron chi connectivity index (χ4n) is 2.35. The molecule has 2 aromatic rings. The molecule has 24 heavy (non-hydrogen) atoms. The van der Waals surface area contributed by atoms with Crippen molar-refractivity contribution >= 4 is 11.7 Å². The van der Waals surface area contributed by atoms with Crippen LogP contribution in [0.5, 0.6) is 11.5 Å². The molecule has 0 spiro atoms. The van der Waals surface area contributed by atoms with E-state index in [0.717, 1.165) is 0 Å². The molecular formula is C17H22N2O5. The number of rotatable bonds is 6. The molecule has 3 N–H and O–H groups in total. The average Bonchev–Trinajstić information content (AvgIpc) is 2.91. The summed E-state index contributed by atoms with van der Waals surface area (Å²) in [7, 11) is 3.06. The Bertz CT molecular complexity index is 711. The van der Waals surface area contributed by atoms with Crippen molar-refractivity contribution in [3.05, 3.63) is 41.3 Å². The lowest BCUT2D eigenvalue weighted by atomic mass is 10.1. The third kappa shape index (κ3) is 4.20. The molecule has 7 nitrogen and oxygen atoms in total. The minimum absolute atomic E-state index is 0.0596. The molecule has 1 atom stereocenters. The van der Waals surface area contributed by atoms with Gasteiger partial charge in [0.15, 0.2) is 0 Å². The highest BCUT2D eigenvalue weighted by atomic mass is 16.5. The molecule has 1 heterocycles. The van der Waals surface area contributed by atoms with Gasteiger partial charge in [-0.2, -0.15) is 0 Å². The summed E-state index contributed by atoms with van der Waals surface area (Å²) in [4.78, 5) is 12.0. The maximum atomic E-state index is 12.0. The highest BCUT2D eigenvalue weighted by molar-refractivity contribution is 5.91. The summed E-state index contributed by atoms with van der Waals surface area (Å²) in [5, 5.41) is 15.4. The molecule has 0 aliphatic rings. The molecule has 0 bridgehead atoms. The van der Waals surface area contributed by atoms with Crippen LogP contribution in [0.25, 0.3) is 0 Å². The number of furan rings is 1. The normalized spacial score (nSPS) is 11.7. The van der Waals surface area contributed by atoms with Gasteiger partial charge in [-0.3, -0.25) is 0 Å². The number of aliphatic hydroxyl groups excluding tert-OH is 1. The smallest absolute Gasteiger partial charge is 0.319 e. The summed E-state index contributed by atoms with van der Waals surface area (Å²) in [5.41, 5.74) is 1.16. The summed E-state index contributed by atoms with van der Waals surface area (Å²) >= 11 is 0. The largest absolute Gasteiger partial charge is 0.497 e. The van der Waals surface area contributed by atoms with Crippen LogP contribution in [0.2, 0.25) is 0 Å². The van der Waals surface area contributed by atoms with E-state index in [1.54, 1.807) is 45.2 Å². The number of amides is 2. The predicted octanol–water partition coefficient (Wildman–Crippen LogP) is 2.77. The van der Waals surface area contributed by atoms with Gasteiger partial charge in [-0.1, -0.05) is 0 Å². The molecule has 0 saturated carbocycles. The van der Waals surface area contributed by atoms with Gasteiger partial charge in [0.25, 0.3) is 0 Å². The number of urea groups is 1. The molecule has 7 heteroatoms. The lowest BCUT2D eigenvalue weighted by molar-refractivity contribution is 0.173.